The smallest absolute Gasteiger partial charge is 0.229 e. The summed E-state index contributed by atoms with van der Waals surface area (Å²) in [6.45, 7) is 0. The Balaban J connectivity index is 2.08. The van der Waals surface area contributed by atoms with Crippen LogP contribution in [0.15, 0.2) is 53.7 Å². The van der Waals surface area contributed by atoms with Crippen molar-refractivity contribution >= 4 is 33.4 Å². The van der Waals surface area contributed by atoms with Crippen LogP contribution in [0.25, 0.3) is 17.1 Å². The first-order valence-electron chi connectivity index (χ1n) is 8.36. The van der Waals surface area contributed by atoms with Crippen LogP contribution in [0.1, 0.15) is 0 Å². The van der Waals surface area contributed by atoms with E-state index in [0.717, 1.165) is 18.0 Å². The van der Waals surface area contributed by atoms with E-state index in [1.165, 1.54) is 0 Å². The van der Waals surface area contributed by atoms with Crippen LogP contribution in [0.2, 0.25) is 0 Å². The highest BCUT2D eigenvalue weighted by Gasteiger charge is 2.19. The number of carbonyl (C=O) groups excluding carboxylic acids is 1. The fourth-order valence-corrected chi connectivity index (χ4v) is 3.87. The second kappa shape index (κ2) is 8.53. The molecule has 0 unspecified atom stereocenters. The molecule has 3 aromatic rings. The van der Waals surface area contributed by atoms with E-state index in [9.17, 15) is 13.2 Å². The van der Waals surface area contributed by atoms with Gasteiger partial charge < -0.3 is 10.5 Å². The molecular formula is C18H19N5O4S2. The van der Waals surface area contributed by atoms with Crippen LogP contribution in [0.5, 0.6) is 5.75 Å². The van der Waals surface area contributed by atoms with Crippen molar-refractivity contribution in [3.05, 3.63) is 48.5 Å². The Morgan fingerprint density at radius 1 is 1.17 bits per heavy atom. The molecule has 0 saturated heterocycles. The lowest BCUT2D eigenvalue weighted by molar-refractivity contribution is -0.115. The normalized spacial score (nSPS) is 11.2. The van der Waals surface area contributed by atoms with Crippen LogP contribution in [0, 0.1) is 0 Å². The maximum atomic E-state index is 11.4. The van der Waals surface area contributed by atoms with Crippen molar-refractivity contribution in [1.29, 1.82) is 0 Å². The summed E-state index contributed by atoms with van der Waals surface area (Å²) in [6.07, 6.45) is 1.08. The molecule has 1 amide bonds. The molecule has 0 spiro atoms. The van der Waals surface area contributed by atoms with Crippen LogP contribution in [0.3, 0.4) is 0 Å². The summed E-state index contributed by atoms with van der Waals surface area (Å²) in [7, 11) is -1.81. The van der Waals surface area contributed by atoms with E-state index in [1.807, 2.05) is 18.2 Å². The lowest BCUT2D eigenvalue weighted by Gasteiger charge is -2.14. The number of ether oxygens (including phenoxy) is 1. The first-order chi connectivity index (χ1) is 13.8. The fraction of sp³-hybridized carbons (Fsp3) is 0.167. The number of methoxy groups -OCH3 is 1. The summed E-state index contributed by atoms with van der Waals surface area (Å²) in [5, 5.41) is 8.94. The zero-order valence-electron chi connectivity index (χ0n) is 15.7. The Morgan fingerprint density at radius 2 is 1.86 bits per heavy atom. The van der Waals surface area contributed by atoms with Crippen molar-refractivity contribution in [2.75, 3.05) is 23.8 Å². The third kappa shape index (κ3) is 5.06. The third-order valence-electron chi connectivity index (χ3n) is 3.75. The average Bonchev–Trinajstić information content (AvgIpc) is 3.09. The van der Waals surface area contributed by atoms with Gasteiger partial charge in [0.15, 0.2) is 11.0 Å². The number of rotatable bonds is 8. The first-order valence-corrected chi connectivity index (χ1v) is 11.2. The van der Waals surface area contributed by atoms with Crippen molar-refractivity contribution in [2.24, 2.45) is 5.73 Å². The fourth-order valence-electron chi connectivity index (χ4n) is 2.62. The van der Waals surface area contributed by atoms with E-state index in [1.54, 1.807) is 42.0 Å². The van der Waals surface area contributed by atoms with Crippen LogP contribution in [0.4, 0.5) is 5.69 Å². The molecule has 152 valence electrons. The molecule has 0 saturated carbocycles. The highest BCUT2D eigenvalue weighted by molar-refractivity contribution is 7.99. The molecule has 0 aliphatic heterocycles. The number of hydrogen-bond donors (Lipinski definition) is 2. The molecule has 0 radical (unpaired) electrons. The lowest BCUT2D eigenvalue weighted by Crippen LogP contribution is -2.13. The molecule has 0 fully saturated rings. The van der Waals surface area contributed by atoms with Crippen molar-refractivity contribution in [3.8, 4) is 22.8 Å². The number of hydrogen-bond acceptors (Lipinski definition) is 7. The van der Waals surface area contributed by atoms with Gasteiger partial charge in [-0.3, -0.25) is 14.1 Å². The summed E-state index contributed by atoms with van der Waals surface area (Å²) < 4.78 is 32.5. The molecular weight excluding hydrogens is 414 g/mol. The maximum Gasteiger partial charge on any atom is 0.229 e. The van der Waals surface area contributed by atoms with Crippen molar-refractivity contribution in [2.45, 2.75) is 5.16 Å². The van der Waals surface area contributed by atoms with Crippen LogP contribution in [-0.2, 0) is 14.8 Å². The molecule has 1 heterocycles. The van der Waals surface area contributed by atoms with Crippen LogP contribution >= 0.6 is 11.8 Å². The number of anilines is 1. The predicted octanol–water partition coefficient (Wildman–Crippen LogP) is 1.89. The van der Waals surface area contributed by atoms with E-state index in [-0.39, 0.29) is 5.75 Å². The molecule has 2 aromatic carbocycles. The van der Waals surface area contributed by atoms with Gasteiger partial charge in [0.25, 0.3) is 0 Å². The Bertz CT molecular complexity index is 1130. The Kier molecular flexibility index (Phi) is 6.09. The Hall–Kier alpha value is -3.05. The Morgan fingerprint density at radius 3 is 2.48 bits per heavy atom. The number of sulfonamides is 1. The van der Waals surface area contributed by atoms with Crippen molar-refractivity contribution < 1.29 is 17.9 Å². The minimum Gasteiger partial charge on any atom is -0.495 e. The van der Waals surface area contributed by atoms with Gasteiger partial charge in [-0.15, -0.1) is 10.2 Å². The summed E-state index contributed by atoms with van der Waals surface area (Å²) in [4.78, 5) is 11.2. The SMILES string of the molecule is COc1ccccc1-n1c(SCC(N)=O)nnc1-c1ccc(NS(C)(=O)=O)cc1. The van der Waals surface area contributed by atoms with E-state index in [4.69, 9.17) is 10.5 Å². The molecule has 0 atom stereocenters. The summed E-state index contributed by atoms with van der Waals surface area (Å²) in [5.41, 5.74) is 7.10. The molecule has 11 heteroatoms. The number of benzene rings is 2. The highest BCUT2D eigenvalue weighted by Crippen LogP contribution is 2.32. The van der Waals surface area contributed by atoms with E-state index in [2.05, 4.69) is 14.9 Å². The molecule has 9 nitrogen and oxygen atoms in total. The highest BCUT2D eigenvalue weighted by atomic mass is 32.2. The van der Waals surface area contributed by atoms with Gasteiger partial charge in [0.1, 0.15) is 5.75 Å². The van der Waals surface area contributed by atoms with Gasteiger partial charge in [-0.1, -0.05) is 23.9 Å². The molecule has 0 bridgehead atoms. The van der Waals surface area contributed by atoms with Crippen molar-refractivity contribution in [1.82, 2.24) is 14.8 Å². The van der Waals surface area contributed by atoms with Gasteiger partial charge in [-0.2, -0.15) is 0 Å². The van der Waals surface area contributed by atoms with E-state index < -0.39 is 15.9 Å². The number of carbonyl (C=O) groups is 1. The zero-order valence-corrected chi connectivity index (χ0v) is 17.3. The number of para-hydroxylation sites is 2. The number of primary amides is 1. The predicted molar refractivity (Wildman–Crippen MR) is 112 cm³/mol. The van der Waals surface area contributed by atoms with Gasteiger partial charge in [0.05, 0.1) is 24.8 Å². The zero-order chi connectivity index (χ0) is 21.0. The maximum absolute atomic E-state index is 11.4. The van der Waals surface area contributed by atoms with Gasteiger partial charge in [0, 0.05) is 11.3 Å². The first kappa shape index (κ1) is 20.7. The Labute approximate surface area is 172 Å². The van der Waals surface area contributed by atoms with E-state index >= 15 is 0 Å². The topological polar surface area (TPSA) is 129 Å². The lowest BCUT2D eigenvalue weighted by atomic mass is 10.2. The molecule has 3 rings (SSSR count). The number of nitrogens with zero attached hydrogens (tertiary/aromatic N) is 3. The molecule has 29 heavy (non-hydrogen) atoms. The number of nitrogens with two attached hydrogens (primary N) is 1. The molecule has 0 aliphatic rings. The quantitative estimate of drug-likeness (QED) is 0.519. The minimum absolute atomic E-state index is 0.0461. The van der Waals surface area contributed by atoms with Gasteiger partial charge >= 0.3 is 0 Å². The monoisotopic (exact) mass is 433 g/mol. The number of nitrogens with one attached hydrogen (secondary N) is 1. The van der Waals surface area contributed by atoms with E-state index in [0.29, 0.717) is 33.7 Å². The molecule has 3 N–H and O–H groups in total. The number of thioether (sulfide) groups is 1. The van der Waals surface area contributed by atoms with Gasteiger partial charge in [-0.05, 0) is 36.4 Å². The number of aromatic nitrogens is 3. The average molecular weight is 434 g/mol. The van der Waals surface area contributed by atoms with Gasteiger partial charge in [-0.25, -0.2) is 8.42 Å². The minimum atomic E-state index is -3.37. The second-order valence-electron chi connectivity index (χ2n) is 6.02. The molecule has 0 aliphatic carbocycles. The van der Waals surface area contributed by atoms with Crippen LogP contribution in [-0.4, -0.2) is 48.2 Å². The molecule has 1 aromatic heterocycles. The van der Waals surface area contributed by atoms with Gasteiger partial charge in [0.2, 0.25) is 15.9 Å². The summed E-state index contributed by atoms with van der Waals surface area (Å²) in [5.74, 6) is 0.685. The summed E-state index contributed by atoms with van der Waals surface area (Å²) >= 11 is 1.16. The van der Waals surface area contributed by atoms with Crippen molar-refractivity contribution in [3.63, 3.8) is 0 Å². The summed E-state index contributed by atoms with van der Waals surface area (Å²) in [6, 6.07) is 14.1. The third-order valence-corrected chi connectivity index (χ3v) is 5.31. The largest absolute Gasteiger partial charge is 0.495 e. The second-order valence-corrected chi connectivity index (χ2v) is 8.71. The standard InChI is InChI=1S/C18H19N5O4S2/c1-27-15-6-4-3-5-14(15)23-17(20-21-18(23)28-11-16(19)24)12-7-9-13(10-8-12)22-29(2,25)26/h3-10,22H,11H2,1-2H3,(H2,19,24). The van der Waals surface area contributed by atoms with Crippen LogP contribution < -0.4 is 15.2 Å². The number of amides is 1.